The standard InChI is InChI=1S/C25H35N7O2/c1-27-25(20-8-3-2-4-9-20)12-10-24(11-13-25)18-30(23(34)32(24)14-19-6-5-7-19)15-21-16-31(29-28-21)17-22(26)33/h2-4,8-9,16,19,27H,5-7,10-15,17-18H2,1H3,(H2,26,33)/t24-,25+. The smallest absolute Gasteiger partial charge is 0.320 e. The second-order valence-electron chi connectivity index (χ2n) is 10.3. The van der Waals surface area contributed by atoms with Crippen molar-refractivity contribution < 1.29 is 9.59 Å². The minimum absolute atomic E-state index is 0.00965. The number of nitrogens with zero attached hydrogens (tertiary/aromatic N) is 5. The van der Waals surface area contributed by atoms with Crippen LogP contribution in [0.15, 0.2) is 36.5 Å². The molecular formula is C25H35N7O2. The van der Waals surface area contributed by atoms with Gasteiger partial charge < -0.3 is 20.9 Å². The van der Waals surface area contributed by atoms with Crippen LogP contribution in [0.1, 0.15) is 56.2 Å². The van der Waals surface area contributed by atoms with Crippen molar-refractivity contribution >= 4 is 11.9 Å². The SMILES string of the molecule is CN[C@]1(c2ccccc2)CC[C@]2(CC1)CN(Cc1cn(CC(N)=O)nn1)C(=O)N2CC1CCC1. The van der Waals surface area contributed by atoms with Gasteiger partial charge in [-0.1, -0.05) is 42.0 Å². The highest BCUT2D eigenvalue weighted by atomic mass is 16.2. The Labute approximate surface area is 200 Å². The maximum atomic E-state index is 13.7. The van der Waals surface area contributed by atoms with Gasteiger partial charge in [-0.25, -0.2) is 9.48 Å². The van der Waals surface area contributed by atoms with Crippen molar-refractivity contribution in [3.05, 3.63) is 47.8 Å². The highest BCUT2D eigenvalue weighted by Gasteiger charge is 2.54. The zero-order valence-corrected chi connectivity index (χ0v) is 19.9. The molecule has 0 radical (unpaired) electrons. The first-order chi connectivity index (χ1) is 16.4. The third-order valence-corrected chi connectivity index (χ3v) is 8.32. The van der Waals surface area contributed by atoms with E-state index < -0.39 is 5.91 Å². The van der Waals surface area contributed by atoms with Crippen LogP contribution in [0.3, 0.4) is 0 Å². The van der Waals surface area contributed by atoms with E-state index in [1.165, 1.54) is 29.5 Å². The van der Waals surface area contributed by atoms with Crippen molar-refractivity contribution in [3.8, 4) is 0 Å². The number of nitrogens with one attached hydrogen (secondary N) is 1. The zero-order valence-electron chi connectivity index (χ0n) is 19.9. The zero-order chi connectivity index (χ0) is 23.8. The van der Waals surface area contributed by atoms with E-state index in [0.717, 1.165) is 32.2 Å². The molecule has 1 saturated heterocycles. The Kier molecular flexibility index (Phi) is 6.06. The second kappa shape index (κ2) is 9.02. The number of rotatable bonds is 8. The van der Waals surface area contributed by atoms with Crippen molar-refractivity contribution in [2.24, 2.45) is 11.7 Å². The van der Waals surface area contributed by atoms with Gasteiger partial charge in [-0.15, -0.1) is 5.10 Å². The van der Waals surface area contributed by atoms with Crippen LogP contribution < -0.4 is 11.1 Å². The average molecular weight is 466 g/mol. The van der Waals surface area contributed by atoms with Crippen LogP contribution in [-0.2, 0) is 23.4 Å². The highest BCUT2D eigenvalue weighted by Crippen LogP contribution is 2.47. The lowest BCUT2D eigenvalue weighted by Gasteiger charge is -2.49. The van der Waals surface area contributed by atoms with Crippen LogP contribution in [-0.4, -0.2) is 62.4 Å². The topological polar surface area (TPSA) is 109 Å². The number of hydrogen-bond donors (Lipinski definition) is 2. The lowest BCUT2D eigenvalue weighted by atomic mass is 9.68. The van der Waals surface area contributed by atoms with Crippen molar-refractivity contribution in [2.75, 3.05) is 20.1 Å². The predicted molar refractivity (Wildman–Crippen MR) is 127 cm³/mol. The van der Waals surface area contributed by atoms with E-state index >= 15 is 0 Å². The van der Waals surface area contributed by atoms with E-state index in [4.69, 9.17) is 5.73 Å². The van der Waals surface area contributed by atoms with Crippen LogP contribution >= 0.6 is 0 Å². The van der Waals surface area contributed by atoms with Gasteiger partial charge >= 0.3 is 6.03 Å². The van der Waals surface area contributed by atoms with Crippen LogP contribution in [0.25, 0.3) is 0 Å². The summed E-state index contributed by atoms with van der Waals surface area (Å²) in [4.78, 5) is 29.0. The Morgan fingerprint density at radius 1 is 1.18 bits per heavy atom. The number of urea groups is 1. The van der Waals surface area contributed by atoms with Gasteiger partial charge in [-0.3, -0.25) is 4.79 Å². The molecule has 1 aromatic heterocycles. The quantitative estimate of drug-likeness (QED) is 0.621. The summed E-state index contributed by atoms with van der Waals surface area (Å²) in [6, 6.07) is 10.8. The van der Waals surface area contributed by atoms with E-state index in [1.54, 1.807) is 6.20 Å². The molecule has 5 rings (SSSR count). The summed E-state index contributed by atoms with van der Waals surface area (Å²) in [5, 5.41) is 11.8. The number of nitrogens with two attached hydrogens (primary N) is 1. The second-order valence-corrected chi connectivity index (χ2v) is 10.3. The maximum Gasteiger partial charge on any atom is 0.320 e. The third kappa shape index (κ3) is 4.17. The van der Waals surface area contributed by atoms with Crippen LogP contribution in [0.2, 0.25) is 0 Å². The Morgan fingerprint density at radius 2 is 1.91 bits per heavy atom. The highest BCUT2D eigenvalue weighted by molar-refractivity contribution is 5.78. The Bertz CT molecular complexity index is 1020. The molecule has 2 aromatic rings. The first kappa shape index (κ1) is 22.8. The van der Waals surface area contributed by atoms with Gasteiger partial charge in [0.05, 0.1) is 18.3 Å². The fourth-order valence-corrected chi connectivity index (χ4v) is 6.06. The number of primary amides is 1. The van der Waals surface area contributed by atoms with Gasteiger partial charge in [0.25, 0.3) is 0 Å². The van der Waals surface area contributed by atoms with E-state index in [0.29, 0.717) is 24.7 Å². The lowest BCUT2D eigenvalue weighted by molar-refractivity contribution is -0.118. The normalized spacial score (nSPS) is 27.4. The Morgan fingerprint density at radius 3 is 2.53 bits per heavy atom. The first-order valence-corrected chi connectivity index (χ1v) is 12.4. The molecule has 9 nitrogen and oxygen atoms in total. The van der Waals surface area contributed by atoms with E-state index in [-0.39, 0.29) is 23.7 Å². The molecule has 3 fully saturated rings. The predicted octanol–water partition coefficient (Wildman–Crippen LogP) is 2.23. The number of carbonyl (C=O) groups excluding carboxylic acids is 2. The number of carbonyl (C=O) groups is 2. The third-order valence-electron chi connectivity index (χ3n) is 8.32. The number of amides is 3. The molecule has 3 N–H and O–H groups in total. The fraction of sp³-hybridized carbons (Fsp3) is 0.600. The minimum atomic E-state index is -0.465. The van der Waals surface area contributed by atoms with Crippen molar-refractivity contribution in [1.29, 1.82) is 0 Å². The summed E-state index contributed by atoms with van der Waals surface area (Å²) < 4.78 is 1.43. The van der Waals surface area contributed by atoms with Crippen molar-refractivity contribution in [1.82, 2.24) is 30.1 Å². The Balaban J connectivity index is 1.35. The molecule has 182 valence electrons. The minimum Gasteiger partial charge on any atom is -0.368 e. The monoisotopic (exact) mass is 465 g/mol. The molecule has 1 aliphatic heterocycles. The molecule has 2 aliphatic carbocycles. The van der Waals surface area contributed by atoms with E-state index in [2.05, 4.69) is 57.9 Å². The first-order valence-electron chi connectivity index (χ1n) is 12.4. The molecular weight excluding hydrogens is 430 g/mol. The van der Waals surface area contributed by atoms with Gasteiger partial charge in [0.2, 0.25) is 5.91 Å². The van der Waals surface area contributed by atoms with Gasteiger partial charge in [0.1, 0.15) is 12.2 Å². The Hall–Kier alpha value is -2.94. The molecule has 0 bridgehead atoms. The molecule has 1 aromatic carbocycles. The van der Waals surface area contributed by atoms with Crippen LogP contribution in [0, 0.1) is 5.92 Å². The summed E-state index contributed by atoms with van der Waals surface area (Å²) in [7, 11) is 2.05. The molecule has 3 aliphatic rings. The van der Waals surface area contributed by atoms with Gasteiger partial charge in [-0.2, -0.15) is 0 Å². The van der Waals surface area contributed by atoms with Gasteiger partial charge in [0.15, 0.2) is 0 Å². The maximum absolute atomic E-state index is 13.7. The summed E-state index contributed by atoms with van der Waals surface area (Å²) in [5.74, 6) is 0.148. The number of hydrogen-bond acceptors (Lipinski definition) is 5. The summed E-state index contributed by atoms with van der Waals surface area (Å²) in [5.41, 5.74) is 7.07. The average Bonchev–Trinajstić information content (AvgIpc) is 3.34. The number of aromatic nitrogens is 3. The molecule has 2 saturated carbocycles. The van der Waals surface area contributed by atoms with Crippen LogP contribution in [0.4, 0.5) is 4.79 Å². The van der Waals surface area contributed by atoms with Crippen LogP contribution in [0.5, 0.6) is 0 Å². The molecule has 0 unspecified atom stereocenters. The summed E-state index contributed by atoms with van der Waals surface area (Å²) in [6.07, 6.45) is 9.32. The summed E-state index contributed by atoms with van der Waals surface area (Å²) >= 11 is 0. The molecule has 34 heavy (non-hydrogen) atoms. The molecule has 1 spiro atoms. The van der Waals surface area contributed by atoms with E-state index in [1.807, 2.05) is 4.90 Å². The van der Waals surface area contributed by atoms with Gasteiger partial charge in [0, 0.05) is 18.6 Å². The fourth-order valence-electron chi connectivity index (χ4n) is 6.06. The molecule has 0 atom stereocenters. The molecule has 3 amide bonds. The van der Waals surface area contributed by atoms with Gasteiger partial charge in [-0.05, 0) is 57.1 Å². The largest absolute Gasteiger partial charge is 0.368 e. The van der Waals surface area contributed by atoms with E-state index in [9.17, 15) is 9.59 Å². The van der Waals surface area contributed by atoms with Crippen molar-refractivity contribution in [3.63, 3.8) is 0 Å². The molecule has 9 heteroatoms. The molecule has 2 heterocycles. The summed E-state index contributed by atoms with van der Waals surface area (Å²) in [6.45, 7) is 1.94. The number of benzene rings is 1. The lowest BCUT2D eigenvalue weighted by Crippen LogP contribution is -2.56. The van der Waals surface area contributed by atoms with Crippen molar-refractivity contribution in [2.45, 2.75) is 69.1 Å².